The lowest BCUT2D eigenvalue weighted by Gasteiger charge is -2.38. The van der Waals surface area contributed by atoms with Gasteiger partial charge in [-0.2, -0.15) is 13.2 Å². The molecule has 1 rings (SSSR count). The molecule has 1 N–H and O–H groups in total. The third kappa shape index (κ3) is 4.37. The Hall–Kier alpha value is -1.23. The van der Waals surface area contributed by atoms with E-state index in [9.17, 15) is 13.2 Å². The maximum absolute atomic E-state index is 13.4. The Bertz CT molecular complexity index is 467. The van der Waals surface area contributed by atoms with Crippen LogP contribution in [-0.2, 0) is 12.7 Å². The van der Waals surface area contributed by atoms with Gasteiger partial charge in [-0.25, -0.2) is 0 Å². The van der Waals surface area contributed by atoms with Gasteiger partial charge in [-0.05, 0) is 44.5 Å². The van der Waals surface area contributed by atoms with E-state index < -0.39 is 11.7 Å². The van der Waals surface area contributed by atoms with Gasteiger partial charge in [0.15, 0.2) is 0 Å². The largest absolute Gasteiger partial charge is 0.418 e. The van der Waals surface area contributed by atoms with Gasteiger partial charge in [0.2, 0.25) is 0 Å². The van der Waals surface area contributed by atoms with Crippen LogP contribution in [0.5, 0.6) is 0 Å². The molecule has 0 spiro atoms. The van der Waals surface area contributed by atoms with Gasteiger partial charge in [-0.15, -0.1) is 0 Å². The molecule has 120 valence electrons. The highest BCUT2D eigenvalue weighted by atomic mass is 19.4. The van der Waals surface area contributed by atoms with Gasteiger partial charge >= 0.3 is 6.18 Å². The van der Waals surface area contributed by atoms with Gasteiger partial charge in [0.05, 0.1) is 5.56 Å². The van der Waals surface area contributed by atoms with Crippen molar-refractivity contribution in [1.82, 2.24) is 5.32 Å². The van der Waals surface area contributed by atoms with E-state index in [0.29, 0.717) is 12.1 Å². The fourth-order valence-electron chi connectivity index (χ4n) is 2.05. The molecule has 0 aromatic heterocycles. The lowest BCUT2D eigenvalue weighted by molar-refractivity contribution is -0.137. The van der Waals surface area contributed by atoms with Crippen LogP contribution in [0.3, 0.4) is 0 Å². The van der Waals surface area contributed by atoms with Crippen molar-refractivity contribution in [3.05, 3.63) is 29.3 Å². The normalized spacial score (nSPS) is 12.6. The van der Waals surface area contributed by atoms with E-state index in [1.165, 1.54) is 6.07 Å². The third-order valence-corrected chi connectivity index (χ3v) is 4.08. The van der Waals surface area contributed by atoms with E-state index in [1.807, 2.05) is 27.7 Å². The zero-order chi connectivity index (χ0) is 16.3. The molecule has 2 nitrogen and oxygen atoms in total. The second-order valence-electron chi connectivity index (χ2n) is 5.85. The van der Waals surface area contributed by atoms with Crippen LogP contribution in [0, 0.1) is 0 Å². The first-order chi connectivity index (χ1) is 9.63. The Morgan fingerprint density at radius 2 is 1.76 bits per heavy atom. The molecule has 0 aliphatic heterocycles. The first kappa shape index (κ1) is 17.8. The van der Waals surface area contributed by atoms with Crippen molar-refractivity contribution in [3.63, 3.8) is 0 Å². The maximum Gasteiger partial charge on any atom is 0.418 e. The lowest BCUT2D eigenvalue weighted by Crippen LogP contribution is -2.41. The van der Waals surface area contributed by atoms with Gasteiger partial charge in [-0.3, -0.25) is 0 Å². The minimum atomic E-state index is -4.35. The maximum atomic E-state index is 13.4. The van der Waals surface area contributed by atoms with Gasteiger partial charge in [0.1, 0.15) is 0 Å². The van der Waals surface area contributed by atoms with Crippen molar-refractivity contribution in [1.29, 1.82) is 0 Å². The third-order valence-electron chi connectivity index (χ3n) is 4.08. The van der Waals surface area contributed by atoms with Crippen LogP contribution in [-0.4, -0.2) is 19.1 Å². The van der Waals surface area contributed by atoms with Crippen molar-refractivity contribution in [2.75, 3.05) is 18.5 Å². The summed E-state index contributed by atoms with van der Waals surface area (Å²) >= 11 is 0. The van der Waals surface area contributed by atoms with Crippen molar-refractivity contribution < 1.29 is 13.2 Å². The predicted molar refractivity (Wildman–Crippen MR) is 81.6 cm³/mol. The number of anilines is 1. The molecule has 0 radical (unpaired) electrons. The molecule has 0 saturated carbocycles. The number of nitrogens with zero attached hydrogens (tertiary/aromatic N) is 1. The van der Waals surface area contributed by atoms with E-state index in [1.54, 1.807) is 24.1 Å². The summed E-state index contributed by atoms with van der Waals surface area (Å²) in [5.74, 6) is 0. The second kappa shape index (κ2) is 6.69. The molecule has 1 aromatic rings. The fraction of sp³-hybridized carbons (Fsp3) is 0.625. The number of hydrogen-bond acceptors (Lipinski definition) is 2. The monoisotopic (exact) mass is 302 g/mol. The van der Waals surface area contributed by atoms with Crippen LogP contribution in [0.1, 0.15) is 45.2 Å². The number of benzene rings is 1. The molecule has 0 heterocycles. The fourth-order valence-corrected chi connectivity index (χ4v) is 2.05. The molecule has 21 heavy (non-hydrogen) atoms. The summed E-state index contributed by atoms with van der Waals surface area (Å²) in [7, 11) is 1.72. The van der Waals surface area contributed by atoms with Crippen LogP contribution in [0.15, 0.2) is 18.2 Å². The highest BCUT2D eigenvalue weighted by Crippen LogP contribution is 2.39. The molecule has 0 bridgehead atoms. The highest BCUT2D eigenvalue weighted by Gasteiger charge is 2.36. The summed E-state index contributed by atoms with van der Waals surface area (Å²) in [6.07, 6.45) is -3.59. The molecule has 0 unspecified atom stereocenters. The zero-order valence-electron chi connectivity index (χ0n) is 13.4. The lowest BCUT2D eigenvalue weighted by atomic mass is 9.97. The molecular weight excluding hydrogens is 277 g/mol. The minimum absolute atomic E-state index is 0.231. The van der Waals surface area contributed by atoms with Crippen LogP contribution in [0.4, 0.5) is 18.9 Å². The minimum Gasteiger partial charge on any atom is -0.369 e. The number of halogens is 3. The number of alkyl halides is 3. The topological polar surface area (TPSA) is 15.3 Å². The van der Waals surface area contributed by atoms with Gasteiger partial charge < -0.3 is 10.2 Å². The Kier molecular flexibility index (Phi) is 5.68. The summed E-state index contributed by atoms with van der Waals surface area (Å²) < 4.78 is 40.1. The summed E-state index contributed by atoms with van der Waals surface area (Å²) in [5, 5.41) is 3.05. The van der Waals surface area contributed by atoms with E-state index in [0.717, 1.165) is 13.0 Å². The van der Waals surface area contributed by atoms with Crippen LogP contribution in [0.2, 0.25) is 0 Å². The standard InChI is InChI=1S/C16H25F3N2/c1-6-15(3,4)21(5)14-9-8-12(11-20-7-2)10-13(14)16(17,18)19/h8-10,20H,6-7,11H2,1-5H3. The molecule has 5 heteroatoms. The molecule has 1 aromatic carbocycles. The first-order valence-corrected chi connectivity index (χ1v) is 7.28. The Morgan fingerprint density at radius 1 is 1.14 bits per heavy atom. The molecule has 0 amide bonds. The Labute approximate surface area is 125 Å². The van der Waals surface area contributed by atoms with E-state index >= 15 is 0 Å². The quantitative estimate of drug-likeness (QED) is 0.835. The average molecular weight is 302 g/mol. The Morgan fingerprint density at radius 3 is 2.24 bits per heavy atom. The van der Waals surface area contributed by atoms with E-state index in [2.05, 4.69) is 5.32 Å². The van der Waals surface area contributed by atoms with E-state index in [4.69, 9.17) is 0 Å². The number of hydrogen-bond donors (Lipinski definition) is 1. The molecular formula is C16H25F3N2. The van der Waals surface area contributed by atoms with Gasteiger partial charge in [0.25, 0.3) is 0 Å². The van der Waals surface area contributed by atoms with Crippen molar-refractivity contribution in [2.45, 2.75) is 52.4 Å². The van der Waals surface area contributed by atoms with Crippen LogP contribution < -0.4 is 10.2 Å². The number of nitrogens with one attached hydrogen (secondary N) is 1. The van der Waals surface area contributed by atoms with Crippen molar-refractivity contribution >= 4 is 5.69 Å². The molecule has 0 aliphatic carbocycles. The van der Waals surface area contributed by atoms with Crippen LogP contribution in [0.25, 0.3) is 0 Å². The highest BCUT2D eigenvalue weighted by molar-refractivity contribution is 5.57. The summed E-state index contributed by atoms with van der Waals surface area (Å²) in [5.41, 5.74) is -0.0180. The average Bonchev–Trinajstić information content (AvgIpc) is 2.43. The predicted octanol–water partition coefficient (Wildman–Crippen LogP) is 4.44. The summed E-state index contributed by atoms with van der Waals surface area (Å²) in [6.45, 7) is 8.96. The first-order valence-electron chi connectivity index (χ1n) is 7.28. The molecule has 0 saturated heterocycles. The molecule has 0 aliphatic rings. The number of rotatable bonds is 6. The van der Waals surface area contributed by atoms with Gasteiger partial charge in [0, 0.05) is 24.8 Å². The smallest absolute Gasteiger partial charge is 0.369 e. The van der Waals surface area contributed by atoms with Crippen molar-refractivity contribution in [2.24, 2.45) is 0 Å². The Balaban J connectivity index is 3.26. The molecule has 0 atom stereocenters. The van der Waals surface area contributed by atoms with E-state index in [-0.39, 0.29) is 11.2 Å². The summed E-state index contributed by atoms with van der Waals surface area (Å²) in [4.78, 5) is 1.72. The van der Waals surface area contributed by atoms with Gasteiger partial charge in [-0.1, -0.05) is 19.9 Å². The second-order valence-corrected chi connectivity index (χ2v) is 5.85. The molecule has 0 fully saturated rings. The SMILES string of the molecule is CCNCc1ccc(N(C)C(C)(C)CC)c(C(F)(F)F)c1. The van der Waals surface area contributed by atoms with Crippen LogP contribution >= 0.6 is 0 Å². The zero-order valence-corrected chi connectivity index (χ0v) is 13.4. The summed E-state index contributed by atoms with van der Waals surface area (Å²) in [6, 6.07) is 4.59. The van der Waals surface area contributed by atoms with Crippen molar-refractivity contribution in [3.8, 4) is 0 Å².